The minimum atomic E-state index is -0.385. The Kier molecular flexibility index (Phi) is 4.11. The Labute approximate surface area is 141 Å². The fraction of sp³-hybridized carbons (Fsp3) is 0.0588. The van der Waals surface area contributed by atoms with Gasteiger partial charge in [-0.05, 0) is 46.9 Å². The highest BCUT2D eigenvalue weighted by atomic mass is 127. The Morgan fingerprint density at radius 1 is 1.23 bits per heavy atom. The van der Waals surface area contributed by atoms with Crippen molar-refractivity contribution >= 4 is 34.1 Å². The lowest BCUT2D eigenvalue weighted by Gasteiger charge is -2.05. The second kappa shape index (κ2) is 6.20. The second-order valence-electron chi connectivity index (χ2n) is 4.69. The van der Waals surface area contributed by atoms with Crippen molar-refractivity contribution in [2.24, 2.45) is 0 Å². The molecule has 5 heteroatoms. The average Bonchev–Trinajstić information content (AvgIpc) is 2.90. The fourth-order valence-corrected chi connectivity index (χ4v) is 2.87. The van der Waals surface area contributed by atoms with Crippen molar-refractivity contribution in [3.05, 3.63) is 75.1 Å². The molecule has 0 spiro atoms. The first-order valence-corrected chi connectivity index (χ1v) is 7.69. The number of carbonyl (C=O) groups excluding carboxylic acids is 1. The van der Waals surface area contributed by atoms with E-state index in [9.17, 15) is 10.1 Å². The third kappa shape index (κ3) is 2.70. The van der Waals surface area contributed by atoms with E-state index in [0.717, 1.165) is 9.09 Å². The molecule has 0 aliphatic rings. The Morgan fingerprint density at radius 3 is 2.77 bits per heavy atom. The maximum Gasteiger partial charge on any atom is 0.339 e. The van der Waals surface area contributed by atoms with Gasteiger partial charge in [0.05, 0.1) is 16.6 Å². The topological polar surface area (TPSA) is 54.5 Å². The van der Waals surface area contributed by atoms with Crippen LogP contribution in [0.25, 0.3) is 5.52 Å². The summed E-state index contributed by atoms with van der Waals surface area (Å²) < 4.78 is 8.05. The zero-order valence-electron chi connectivity index (χ0n) is 11.5. The molecular weight excluding hydrogens is 391 g/mol. The molecule has 4 nitrogen and oxygen atoms in total. The van der Waals surface area contributed by atoms with Crippen molar-refractivity contribution in [3.8, 4) is 6.07 Å². The highest BCUT2D eigenvalue weighted by molar-refractivity contribution is 14.1. The van der Waals surface area contributed by atoms with Gasteiger partial charge in [-0.2, -0.15) is 5.26 Å². The lowest BCUT2D eigenvalue weighted by atomic mass is 10.2. The van der Waals surface area contributed by atoms with Gasteiger partial charge in [-0.15, -0.1) is 0 Å². The van der Waals surface area contributed by atoms with E-state index in [1.807, 2.05) is 47.1 Å². The number of nitrogens with zero attached hydrogens (tertiary/aromatic N) is 2. The molecule has 22 heavy (non-hydrogen) atoms. The Bertz CT molecular complexity index is 893. The van der Waals surface area contributed by atoms with Gasteiger partial charge in [-0.1, -0.05) is 18.2 Å². The number of esters is 1. The number of pyridine rings is 1. The smallest absolute Gasteiger partial charge is 0.339 e. The van der Waals surface area contributed by atoms with Crippen LogP contribution in [-0.2, 0) is 11.3 Å². The molecular formula is C17H11IN2O2. The summed E-state index contributed by atoms with van der Waals surface area (Å²) >= 11 is 2.10. The maximum absolute atomic E-state index is 12.1. The normalized spacial score (nSPS) is 10.4. The molecule has 0 bridgehead atoms. The molecule has 0 fully saturated rings. The van der Waals surface area contributed by atoms with E-state index < -0.39 is 0 Å². The van der Waals surface area contributed by atoms with E-state index in [4.69, 9.17) is 4.74 Å². The van der Waals surface area contributed by atoms with Crippen LogP contribution in [0.4, 0.5) is 0 Å². The maximum atomic E-state index is 12.1. The van der Waals surface area contributed by atoms with Crippen LogP contribution in [0.2, 0.25) is 0 Å². The molecule has 0 radical (unpaired) electrons. The summed E-state index contributed by atoms with van der Waals surface area (Å²) in [6, 6.07) is 15.0. The van der Waals surface area contributed by atoms with E-state index in [2.05, 4.69) is 28.7 Å². The quantitative estimate of drug-likeness (QED) is 0.495. The van der Waals surface area contributed by atoms with Crippen LogP contribution >= 0.6 is 22.6 Å². The zero-order chi connectivity index (χ0) is 15.5. The van der Waals surface area contributed by atoms with E-state index >= 15 is 0 Å². The third-order valence-electron chi connectivity index (χ3n) is 3.33. The summed E-state index contributed by atoms with van der Waals surface area (Å²) in [5, 5.41) is 9.33. The Morgan fingerprint density at radius 2 is 2.00 bits per heavy atom. The predicted octanol–water partition coefficient (Wildman–Crippen LogP) is 3.77. The van der Waals surface area contributed by atoms with Crippen LogP contribution in [-0.4, -0.2) is 10.4 Å². The summed E-state index contributed by atoms with van der Waals surface area (Å²) in [5.74, 6) is -0.385. The molecule has 1 aromatic carbocycles. The van der Waals surface area contributed by atoms with Crippen molar-refractivity contribution in [1.29, 1.82) is 5.26 Å². The number of nitriles is 1. The van der Waals surface area contributed by atoms with Crippen molar-refractivity contribution in [2.45, 2.75) is 6.61 Å². The van der Waals surface area contributed by atoms with E-state index in [0.29, 0.717) is 16.7 Å². The number of benzene rings is 1. The van der Waals surface area contributed by atoms with Crippen molar-refractivity contribution in [3.63, 3.8) is 0 Å². The largest absolute Gasteiger partial charge is 0.457 e. The molecule has 0 atom stereocenters. The van der Waals surface area contributed by atoms with Gasteiger partial charge in [0.15, 0.2) is 0 Å². The van der Waals surface area contributed by atoms with E-state index in [1.165, 1.54) is 0 Å². The first-order chi connectivity index (χ1) is 10.7. The number of hydrogen-bond donors (Lipinski definition) is 0. The highest BCUT2D eigenvalue weighted by Gasteiger charge is 2.14. The molecule has 3 aromatic rings. The van der Waals surface area contributed by atoms with Crippen molar-refractivity contribution in [2.75, 3.05) is 0 Å². The van der Waals surface area contributed by atoms with Crippen LogP contribution in [0.1, 0.15) is 21.5 Å². The van der Waals surface area contributed by atoms with Crippen molar-refractivity contribution < 1.29 is 9.53 Å². The number of carbonyl (C=O) groups is 1. The molecule has 2 heterocycles. The molecule has 2 aromatic heterocycles. The molecule has 0 saturated heterocycles. The number of ether oxygens (including phenoxy) is 1. The third-order valence-corrected chi connectivity index (χ3v) is 4.27. The lowest BCUT2D eigenvalue weighted by Crippen LogP contribution is -2.07. The molecule has 0 aliphatic carbocycles. The van der Waals surface area contributed by atoms with Gasteiger partial charge in [-0.3, -0.25) is 0 Å². The minimum Gasteiger partial charge on any atom is -0.457 e. The van der Waals surface area contributed by atoms with Crippen LogP contribution in [0.3, 0.4) is 0 Å². The SMILES string of the molecule is N#Cc1c(COC(=O)c2ccccc2I)cn2ccccc12. The first kappa shape index (κ1) is 14.6. The standard InChI is InChI=1S/C17H11IN2O2/c18-15-6-2-1-5-13(15)17(21)22-11-12-10-20-8-4-3-7-16(20)14(12)9-19/h1-8,10H,11H2. The fourth-order valence-electron chi connectivity index (χ4n) is 2.26. The molecule has 3 rings (SSSR count). The highest BCUT2D eigenvalue weighted by Crippen LogP contribution is 2.20. The molecule has 0 aliphatic heterocycles. The van der Waals surface area contributed by atoms with Crippen LogP contribution < -0.4 is 0 Å². The molecule has 0 N–H and O–H groups in total. The molecule has 0 amide bonds. The Hall–Kier alpha value is -2.33. The second-order valence-corrected chi connectivity index (χ2v) is 5.85. The van der Waals surface area contributed by atoms with Gasteiger partial charge in [0, 0.05) is 21.5 Å². The summed E-state index contributed by atoms with van der Waals surface area (Å²) in [7, 11) is 0. The summed E-state index contributed by atoms with van der Waals surface area (Å²) in [5.41, 5.74) is 2.58. The van der Waals surface area contributed by atoms with E-state index in [-0.39, 0.29) is 12.6 Å². The van der Waals surface area contributed by atoms with Gasteiger partial charge in [0.2, 0.25) is 0 Å². The summed E-state index contributed by atoms with van der Waals surface area (Å²) in [6.07, 6.45) is 3.68. The van der Waals surface area contributed by atoms with Gasteiger partial charge in [-0.25, -0.2) is 4.79 Å². The number of rotatable bonds is 3. The number of halogens is 1. The lowest BCUT2D eigenvalue weighted by molar-refractivity contribution is 0.0471. The number of fused-ring (bicyclic) bond motifs is 1. The first-order valence-electron chi connectivity index (χ1n) is 6.61. The van der Waals surface area contributed by atoms with Crippen LogP contribution in [0.5, 0.6) is 0 Å². The van der Waals surface area contributed by atoms with E-state index in [1.54, 1.807) is 12.1 Å². The predicted molar refractivity (Wildman–Crippen MR) is 90.4 cm³/mol. The number of aromatic nitrogens is 1. The van der Waals surface area contributed by atoms with Gasteiger partial charge < -0.3 is 9.14 Å². The summed E-state index contributed by atoms with van der Waals surface area (Å²) in [4.78, 5) is 12.1. The monoisotopic (exact) mass is 402 g/mol. The molecule has 108 valence electrons. The van der Waals surface area contributed by atoms with Crippen LogP contribution in [0, 0.1) is 14.9 Å². The van der Waals surface area contributed by atoms with Crippen LogP contribution in [0.15, 0.2) is 54.9 Å². The van der Waals surface area contributed by atoms with Crippen molar-refractivity contribution in [1.82, 2.24) is 4.40 Å². The van der Waals surface area contributed by atoms with Gasteiger partial charge >= 0.3 is 5.97 Å². The number of hydrogen-bond acceptors (Lipinski definition) is 3. The van der Waals surface area contributed by atoms with Gasteiger partial charge in [0.1, 0.15) is 12.7 Å². The molecule has 0 saturated carbocycles. The Balaban J connectivity index is 1.84. The minimum absolute atomic E-state index is 0.0778. The molecule has 0 unspecified atom stereocenters. The zero-order valence-corrected chi connectivity index (χ0v) is 13.6. The van der Waals surface area contributed by atoms with Gasteiger partial charge in [0.25, 0.3) is 0 Å². The summed E-state index contributed by atoms with van der Waals surface area (Å²) in [6.45, 7) is 0.0778. The average molecular weight is 402 g/mol.